The third-order valence-electron chi connectivity index (χ3n) is 5.68. The van der Waals surface area contributed by atoms with Crippen LogP contribution < -0.4 is 15.7 Å². The molecule has 2 aromatic rings. The Bertz CT molecular complexity index is 1090. The van der Waals surface area contributed by atoms with E-state index < -0.39 is 20.4 Å². The number of Topliss-reactive ketones (excluding diaryl/α,β-unsaturated/α-hetero) is 1. The summed E-state index contributed by atoms with van der Waals surface area (Å²) < 4.78 is 31.9. The second-order valence-corrected chi connectivity index (χ2v) is 11.6. The molecular weight excluding hydrogens is 404 g/mol. The summed E-state index contributed by atoms with van der Waals surface area (Å²) >= 11 is 0. The lowest BCUT2D eigenvalue weighted by Gasteiger charge is -2.31. The Labute approximate surface area is 177 Å². The molecule has 7 nitrogen and oxygen atoms in total. The van der Waals surface area contributed by atoms with Gasteiger partial charge >= 0.3 is 5.63 Å². The van der Waals surface area contributed by atoms with Crippen molar-refractivity contribution in [3.8, 4) is 0 Å². The van der Waals surface area contributed by atoms with Crippen LogP contribution in [0.2, 0.25) is 0 Å². The topological polar surface area (TPSA) is 105 Å². The quantitative estimate of drug-likeness (QED) is 0.531. The van der Waals surface area contributed by atoms with Gasteiger partial charge in [-0.05, 0) is 83.6 Å². The van der Waals surface area contributed by atoms with E-state index in [0.29, 0.717) is 16.9 Å². The molecule has 2 N–H and O–H groups in total. The number of rotatable bonds is 6. The van der Waals surface area contributed by atoms with Gasteiger partial charge < -0.3 is 9.73 Å². The summed E-state index contributed by atoms with van der Waals surface area (Å²) in [6.45, 7) is 7.25. The van der Waals surface area contributed by atoms with Crippen LogP contribution in [-0.2, 0) is 10.0 Å². The summed E-state index contributed by atoms with van der Waals surface area (Å²) in [4.78, 5) is 23.4. The van der Waals surface area contributed by atoms with Crippen LogP contribution in [0.15, 0.2) is 33.5 Å². The van der Waals surface area contributed by atoms with Crippen LogP contribution in [0.3, 0.4) is 0 Å². The normalized spacial score (nSPS) is 20.3. The van der Waals surface area contributed by atoms with Crippen molar-refractivity contribution in [3.05, 3.63) is 40.2 Å². The molecule has 1 aromatic carbocycles. The minimum absolute atomic E-state index is 0.000885. The molecule has 30 heavy (non-hydrogen) atoms. The van der Waals surface area contributed by atoms with Gasteiger partial charge in [-0.2, -0.15) is 0 Å². The summed E-state index contributed by atoms with van der Waals surface area (Å²) in [5.74, 6) is 0.139. The van der Waals surface area contributed by atoms with Gasteiger partial charge in [-0.25, -0.2) is 17.9 Å². The Balaban J connectivity index is 1.58. The smallest absolute Gasteiger partial charge is 0.347 e. The molecule has 0 spiro atoms. The number of ketones is 1. The second-order valence-electron chi connectivity index (χ2n) is 9.09. The molecule has 3 rings (SSSR count). The van der Waals surface area contributed by atoms with E-state index in [1.807, 2.05) is 12.1 Å². The monoisotopic (exact) mass is 434 g/mol. The average molecular weight is 435 g/mol. The Morgan fingerprint density at radius 1 is 1.13 bits per heavy atom. The molecule has 1 aromatic heterocycles. The van der Waals surface area contributed by atoms with Gasteiger partial charge in [0.05, 0.1) is 4.75 Å². The third kappa shape index (κ3) is 5.10. The van der Waals surface area contributed by atoms with Crippen LogP contribution in [0.1, 0.15) is 63.7 Å². The molecule has 0 aliphatic heterocycles. The first-order chi connectivity index (χ1) is 14.0. The molecule has 0 amide bonds. The minimum atomic E-state index is -3.32. The predicted octanol–water partition coefficient (Wildman–Crippen LogP) is 3.68. The fourth-order valence-corrected chi connectivity index (χ4v) is 4.65. The van der Waals surface area contributed by atoms with E-state index in [9.17, 15) is 18.0 Å². The van der Waals surface area contributed by atoms with Crippen molar-refractivity contribution in [2.45, 2.75) is 64.2 Å². The zero-order chi connectivity index (χ0) is 22.1. The van der Waals surface area contributed by atoms with Gasteiger partial charge in [0.25, 0.3) is 0 Å². The van der Waals surface area contributed by atoms with E-state index >= 15 is 0 Å². The Kier molecular flexibility index (Phi) is 6.38. The number of carbonyl (C=O) groups excluding carboxylic acids is 1. The molecular formula is C22H30N2O5S. The molecule has 1 aliphatic rings. The van der Waals surface area contributed by atoms with Gasteiger partial charge in [0, 0.05) is 23.7 Å². The molecule has 0 radical (unpaired) electrons. The van der Waals surface area contributed by atoms with Crippen LogP contribution in [0.5, 0.6) is 0 Å². The summed E-state index contributed by atoms with van der Waals surface area (Å²) in [7, 11) is -3.32. The van der Waals surface area contributed by atoms with Crippen molar-refractivity contribution in [1.82, 2.24) is 4.72 Å². The van der Waals surface area contributed by atoms with E-state index in [1.54, 1.807) is 32.9 Å². The van der Waals surface area contributed by atoms with Crippen LogP contribution in [0.25, 0.3) is 11.0 Å². The highest BCUT2D eigenvalue weighted by molar-refractivity contribution is 7.90. The standard InChI is InChI=1S/C22H30N2O5S/c1-14(25)19-12-16-11-18(9-10-20(16)29-21(19)26)23-13-15-5-7-17(8-6-15)24-30(27,28)22(2,3)4/h9-12,15,17,23-24H,5-8,13H2,1-4H3/t15-,17-. The minimum Gasteiger partial charge on any atom is -0.422 e. The molecule has 0 atom stereocenters. The van der Waals surface area contributed by atoms with Gasteiger partial charge in [0.2, 0.25) is 10.0 Å². The molecule has 0 saturated heterocycles. The Morgan fingerprint density at radius 2 is 1.80 bits per heavy atom. The molecule has 1 saturated carbocycles. The first kappa shape index (κ1) is 22.5. The van der Waals surface area contributed by atoms with Crippen LogP contribution in [-0.4, -0.2) is 31.5 Å². The maximum Gasteiger partial charge on any atom is 0.347 e. The number of benzene rings is 1. The highest BCUT2D eigenvalue weighted by Crippen LogP contribution is 2.27. The molecule has 1 heterocycles. The zero-order valence-electron chi connectivity index (χ0n) is 17.9. The first-order valence-electron chi connectivity index (χ1n) is 10.3. The van der Waals surface area contributed by atoms with Gasteiger partial charge in [0.15, 0.2) is 5.78 Å². The SMILES string of the molecule is CC(=O)c1cc2cc(NC[C@H]3CC[C@H](NS(=O)(=O)C(C)(C)C)CC3)ccc2oc1=O. The lowest BCUT2D eigenvalue weighted by molar-refractivity contribution is 0.101. The largest absolute Gasteiger partial charge is 0.422 e. The zero-order valence-corrected chi connectivity index (χ0v) is 18.8. The van der Waals surface area contributed by atoms with E-state index in [4.69, 9.17) is 4.42 Å². The fourth-order valence-electron chi connectivity index (χ4n) is 3.62. The van der Waals surface area contributed by atoms with Crippen LogP contribution >= 0.6 is 0 Å². The lowest BCUT2D eigenvalue weighted by atomic mass is 9.86. The molecule has 1 aliphatic carbocycles. The number of hydrogen-bond acceptors (Lipinski definition) is 6. The summed E-state index contributed by atoms with van der Waals surface area (Å²) in [6, 6.07) is 7.01. The van der Waals surface area contributed by atoms with E-state index in [0.717, 1.165) is 37.9 Å². The maximum atomic E-state index is 12.3. The fraction of sp³-hybridized carbons (Fsp3) is 0.545. The van der Waals surface area contributed by atoms with Gasteiger partial charge in [-0.3, -0.25) is 4.79 Å². The summed E-state index contributed by atoms with van der Waals surface area (Å²) in [5, 5.41) is 4.11. The predicted molar refractivity (Wildman–Crippen MR) is 119 cm³/mol. The Hall–Kier alpha value is -2.19. The van der Waals surface area contributed by atoms with Crippen molar-refractivity contribution < 1.29 is 17.6 Å². The number of fused-ring (bicyclic) bond motifs is 1. The second kappa shape index (κ2) is 8.51. The number of sulfonamides is 1. The average Bonchev–Trinajstić information content (AvgIpc) is 2.65. The van der Waals surface area contributed by atoms with Crippen molar-refractivity contribution in [2.75, 3.05) is 11.9 Å². The third-order valence-corrected chi connectivity index (χ3v) is 7.94. The van der Waals surface area contributed by atoms with Gasteiger partial charge in [0.1, 0.15) is 11.1 Å². The van der Waals surface area contributed by atoms with Crippen molar-refractivity contribution in [1.29, 1.82) is 0 Å². The molecule has 8 heteroatoms. The van der Waals surface area contributed by atoms with E-state index in [2.05, 4.69) is 10.0 Å². The first-order valence-corrected chi connectivity index (χ1v) is 11.8. The van der Waals surface area contributed by atoms with Crippen LogP contribution in [0.4, 0.5) is 5.69 Å². The van der Waals surface area contributed by atoms with Gasteiger partial charge in [-0.1, -0.05) is 0 Å². The van der Waals surface area contributed by atoms with Crippen molar-refractivity contribution >= 4 is 32.5 Å². The molecule has 1 fully saturated rings. The number of carbonyl (C=O) groups is 1. The number of hydrogen-bond donors (Lipinski definition) is 2. The maximum absolute atomic E-state index is 12.3. The summed E-state index contributed by atoms with van der Waals surface area (Å²) in [5.41, 5.74) is 0.772. The highest BCUT2D eigenvalue weighted by atomic mass is 32.2. The number of nitrogens with one attached hydrogen (secondary N) is 2. The van der Waals surface area contributed by atoms with Gasteiger partial charge in [-0.15, -0.1) is 0 Å². The summed E-state index contributed by atoms with van der Waals surface area (Å²) in [6.07, 6.45) is 3.54. The highest BCUT2D eigenvalue weighted by Gasteiger charge is 2.32. The number of anilines is 1. The van der Waals surface area contributed by atoms with Crippen LogP contribution in [0, 0.1) is 5.92 Å². The molecule has 0 unspecified atom stereocenters. The van der Waals surface area contributed by atoms with Crippen molar-refractivity contribution in [2.24, 2.45) is 5.92 Å². The Morgan fingerprint density at radius 3 is 2.40 bits per heavy atom. The van der Waals surface area contributed by atoms with Crippen molar-refractivity contribution in [3.63, 3.8) is 0 Å². The van der Waals surface area contributed by atoms with E-state index in [1.165, 1.54) is 6.92 Å². The molecule has 0 bridgehead atoms. The molecule has 164 valence electrons. The lowest BCUT2D eigenvalue weighted by Crippen LogP contribution is -2.46. The van der Waals surface area contributed by atoms with E-state index in [-0.39, 0.29) is 17.4 Å².